The highest BCUT2D eigenvalue weighted by molar-refractivity contribution is 4.88. The summed E-state index contributed by atoms with van der Waals surface area (Å²) in [6, 6.07) is 0. The molecular formula is C40H74. The van der Waals surface area contributed by atoms with Crippen LogP contribution in [0.3, 0.4) is 0 Å². The lowest BCUT2D eigenvalue weighted by Crippen LogP contribution is -2.32. The van der Waals surface area contributed by atoms with Gasteiger partial charge in [0.2, 0.25) is 0 Å². The first kappa shape index (κ1) is 32.9. The minimum absolute atomic E-state index is 0.929. The Balaban J connectivity index is 0.000000139. The fourth-order valence-corrected chi connectivity index (χ4v) is 11.5. The Kier molecular flexibility index (Phi) is 12.4. The maximum Gasteiger partial charge on any atom is -0.0386 e. The lowest BCUT2D eigenvalue weighted by Gasteiger charge is -2.43. The van der Waals surface area contributed by atoms with E-state index in [1.54, 1.807) is 70.6 Å². The van der Waals surface area contributed by atoms with Crippen LogP contribution in [-0.4, -0.2) is 0 Å². The van der Waals surface area contributed by atoms with Gasteiger partial charge in [-0.1, -0.05) is 68.7 Å². The lowest BCUT2D eigenvalue weighted by molar-refractivity contribution is 0.0763. The predicted molar refractivity (Wildman–Crippen MR) is 177 cm³/mol. The zero-order chi connectivity index (χ0) is 29.0. The first-order chi connectivity index (χ1) is 19.0. The second-order valence-corrected chi connectivity index (χ2v) is 18.2. The van der Waals surface area contributed by atoms with E-state index in [9.17, 15) is 0 Å². The van der Waals surface area contributed by atoms with Crippen molar-refractivity contribution in [2.45, 2.75) is 165 Å². The molecule has 6 fully saturated rings. The molecule has 6 saturated carbocycles. The van der Waals surface area contributed by atoms with Crippen LogP contribution in [0.5, 0.6) is 0 Å². The van der Waals surface area contributed by atoms with Crippen LogP contribution in [0.2, 0.25) is 0 Å². The van der Waals surface area contributed by atoms with Gasteiger partial charge < -0.3 is 0 Å². The largest absolute Gasteiger partial charge is 0.0651 e. The molecule has 6 unspecified atom stereocenters. The number of hydrogen-bond donors (Lipinski definition) is 0. The summed E-state index contributed by atoms with van der Waals surface area (Å²) in [5, 5.41) is 0. The molecule has 6 aliphatic rings. The zero-order valence-electron chi connectivity index (χ0n) is 29.0. The van der Waals surface area contributed by atoms with E-state index < -0.39 is 0 Å². The van der Waals surface area contributed by atoms with Gasteiger partial charge in [-0.3, -0.25) is 0 Å². The second-order valence-electron chi connectivity index (χ2n) is 18.2. The molecule has 0 heteroatoms. The third kappa shape index (κ3) is 9.50. The quantitative estimate of drug-likeness (QED) is 0.324. The monoisotopic (exact) mass is 555 g/mol. The van der Waals surface area contributed by atoms with Gasteiger partial charge in [0.05, 0.1) is 0 Å². The van der Waals surface area contributed by atoms with E-state index in [-0.39, 0.29) is 0 Å². The van der Waals surface area contributed by atoms with Crippen molar-refractivity contribution in [3.05, 3.63) is 0 Å². The number of hydrogen-bond acceptors (Lipinski definition) is 0. The molecule has 0 aromatic rings. The third-order valence-corrected chi connectivity index (χ3v) is 13.5. The van der Waals surface area contributed by atoms with E-state index in [2.05, 4.69) is 62.3 Å². The molecule has 0 amide bonds. The van der Waals surface area contributed by atoms with Crippen LogP contribution in [0.1, 0.15) is 165 Å². The van der Waals surface area contributed by atoms with Crippen LogP contribution in [0, 0.1) is 88.8 Å². The maximum absolute atomic E-state index is 2.45. The summed E-state index contributed by atoms with van der Waals surface area (Å²) in [6.45, 7) is 21.8. The minimum Gasteiger partial charge on any atom is -0.0651 e. The standard InChI is InChI=1S/C14H26.2C13H24/c1-4-11-5-12-7-13(6-11)9-14(8-12)10(2)3;2*1-9(2)13-7-11-4-10(3)5-12(6-11)8-13/h10-14H,4-9H2,1-3H3;2*9-13H,4-8H2,1-3H3/t11?,12-,13+,14?;2*10?,11-,12+,13?. The van der Waals surface area contributed by atoms with Crippen molar-refractivity contribution in [1.82, 2.24) is 0 Å². The SMILES string of the molecule is CC1C[C@@H]2CC(C(C)C)C[C@H](C1)C2.CC1C[C@@H]2CC(C(C)C)C[C@H](C1)C2.CCC1C[C@@H]2CC(C(C)C)C[C@H](C1)C2. The highest BCUT2D eigenvalue weighted by atomic mass is 14.4. The van der Waals surface area contributed by atoms with E-state index in [1.165, 1.54) is 32.1 Å². The Hall–Kier alpha value is 0. The summed E-state index contributed by atoms with van der Waals surface area (Å²) in [5.74, 6) is 15.6. The number of rotatable bonds is 4. The van der Waals surface area contributed by atoms with Gasteiger partial charge in [0, 0.05) is 0 Å². The minimum atomic E-state index is 0.929. The summed E-state index contributed by atoms with van der Waals surface area (Å²) in [7, 11) is 0. The van der Waals surface area contributed by atoms with Crippen LogP contribution in [0.15, 0.2) is 0 Å². The molecule has 0 nitrogen and oxygen atoms in total. The predicted octanol–water partition coefficient (Wildman–Crippen LogP) is 12.7. The molecule has 40 heavy (non-hydrogen) atoms. The Morgan fingerprint density at radius 1 is 0.375 bits per heavy atom. The van der Waals surface area contributed by atoms with Crippen molar-refractivity contribution in [3.8, 4) is 0 Å². The summed E-state index contributed by atoms with van der Waals surface area (Å²) >= 11 is 0. The van der Waals surface area contributed by atoms with Crippen molar-refractivity contribution in [2.24, 2.45) is 88.8 Å². The highest BCUT2D eigenvalue weighted by Crippen LogP contribution is 2.49. The van der Waals surface area contributed by atoms with E-state index in [4.69, 9.17) is 0 Å². The molecule has 234 valence electrons. The smallest absolute Gasteiger partial charge is 0.0386 e. The average Bonchev–Trinajstić information content (AvgIpc) is 2.87. The van der Waals surface area contributed by atoms with Crippen molar-refractivity contribution in [3.63, 3.8) is 0 Å². The van der Waals surface area contributed by atoms with E-state index in [1.807, 2.05) is 0 Å². The molecule has 0 aromatic heterocycles. The molecule has 0 N–H and O–H groups in total. The van der Waals surface area contributed by atoms with Crippen molar-refractivity contribution in [1.29, 1.82) is 0 Å². The summed E-state index contributed by atoms with van der Waals surface area (Å²) < 4.78 is 0. The molecule has 0 aliphatic heterocycles. The molecule has 0 aromatic carbocycles. The van der Waals surface area contributed by atoms with E-state index in [0.717, 1.165) is 88.8 Å². The first-order valence-corrected chi connectivity index (χ1v) is 19.0. The van der Waals surface area contributed by atoms with Crippen LogP contribution in [-0.2, 0) is 0 Å². The second kappa shape index (κ2) is 15.1. The molecule has 6 rings (SSSR count). The Morgan fingerprint density at radius 2 is 0.625 bits per heavy atom. The molecule has 0 saturated heterocycles. The molecular weight excluding hydrogens is 480 g/mol. The average molecular weight is 555 g/mol. The topological polar surface area (TPSA) is 0 Å². The zero-order valence-corrected chi connectivity index (χ0v) is 29.0. The van der Waals surface area contributed by atoms with Gasteiger partial charge in [0.25, 0.3) is 0 Å². The summed E-state index contributed by atoms with van der Waals surface area (Å²) in [5.41, 5.74) is 0. The summed E-state index contributed by atoms with van der Waals surface area (Å²) in [4.78, 5) is 0. The Bertz CT molecular complexity index is 628. The third-order valence-electron chi connectivity index (χ3n) is 13.5. The maximum atomic E-state index is 2.45. The number of fused-ring (bicyclic) bond motifs is 6. The van der Waals surface area contributed by atoms with Gasteiger partial charge in [0.1, 0.15) is 0 Å². The fourth-order valence-electron chi connectivity index (χ4n) is 11.5. The van der Waals surface area contributed by atoms with Crippen molar-refractivity contribution in [2.75, 3.05) is 0 Å². The lowest BCUT2D eigenvalue weighted by atomic mass is 9.62. The molecule has 0 heterocycles. The van der Waals surface area contributed by atoms with E-state index in [0.29, 0.717) is 0 Å². The van der Waals surface area contributed by atoms with Gasteiger partial charge in [-0.2, -0.15) is 0 Å². The van der Waals surface area contributed by atoms with Crippen LogP contribution in [0.25, 0.3) is 0 Å². The normalized spacial score (nSPS) is 44.4. The molecule has 6 bridgehead atoms. The van der Waals surface area contributed by atoms with Gasteiger partial charge in [-0.15, -0.1) is 0 Å². The Labute approximate surface area is 253 Å². The fraction of sp³-hybridized carbons (Fsp3) is 1.00. The van der Waals surface area contributed by atoms with Gasteiger partial charge in [-0.05, 0) is 185 Å². The molecule has 0 spiro atoms. The van der Waals surface area contributed by atoms with E-state index >= 15 is 0 Å². The van der Waals surface area contributed by atoms with Crippen LogP contribution >= 0.6 is 0 Å². The highest BCUT2D eigenvalue weighted by Gasteiger charge is 2.37. The van der Waals surface area contributed by atoms with Gasteiger partial charge in [0.15, 0.2) is 0 Å². The Morgan fingerprint density at radius 3 is 0.850 bits per heavy atom. The van der Waals surface area contributed by atoms with Crippen molar-refractivity contribution >= 4 is 0 Å². The first-order valence-electron chi connectivity index (χ1n) is 19.0. The molecule has 6 aliphatic carbocycles. The summed E-state index contributed by atoms with van der Waals surface area (Å²) in [6.07, 6.45) is 24.6. The van der Waals surface area contributed by atoms with Crippen LogP contribution < -0.4 is 0 Å². The van der Waals surface area contributed by atoms with Crippen LogP contribution in [0.4, 0.5) is 0 Å². The van der Waals surface area contributed by atoms with Gasteiger partial charge in [-0.25, -0.2) is 0 Å². The van der Waals surface area contributed by atoms with Gasteiger partial charge >= 0.3 is 0 Å². The molecule has 12 atom stereocenters. The van der Waals surface area contributed by atoms with Crippen molar-refractivity contribution < 1.29 is 0 Å². The molecule has 0 radical (unpaired) electrons.